The maximum Gasteiger partial charge on any atom is 0.347 e. The lowest BCUT2D eigenvalue weighted by Gasteiger charge is -2.19. The van der Waals surface area contributed by atoms with Crippen molar-refractivity contribution in [2.75, 3.05) is 0 Å². The van der Waals surface area contributed by atoms with Crippen LogP contribution in [0.5, 0.6) is 11.5 Å². The number of carbonyl (C=O) groups is 1. The molecule has 111 valence electrons. The Labute approximate surface area is 126 Å². The number of benzene rings is 2. The van der Waals surface area contributed by atoms with Gasteiger partial charge in [0.25, 0.3) is 0 Å². The third-order valence-corrected chi connectivity index (χ3v) is 3.05. The fraction of sp³-hybridized carbons (Fsp3) is 0.222. The summed E-state index contributed by atoms with van der Waals surface area (Å²) in [6, 6.07) is 13.7. The zero-order valence-electron chi connectivity index (χ0n) is 12.9. The lowest BCUT2D eigenvalue weighted by atomic mass is 9.87. The van der Waals surface area contributed by atoms with Crippen LogP contribution in [0.2, 0.25) is 0 Å². The molecule has 2 aromatic rings. The molecule has 0 saturated heterocycles. The molecule has 0 aliphatic rings. The van der Waals surface area contributed by atoms with Crippen LogP contribution in [0.1, 0.15) is 36.7 Å². The van der Waals surface area contributed by atoms with Crippen LogP contribution in [0.4, 0.5) is 0 Å². The number of para-hydroxylation sites is 1. The molecule has 1 radical (unpaired) electrons. The first-order valence-electron chi connectivity index (χ1n) is 6.48. The van der Waals surface area contributed by atoms with Crippen molar-refractivity contribution in [3.05, 3.63) is 67.1 Å². The van der Waals surface area contributed by atoms with Gasteiger partial charge in [0.2, 0.25) is 0 Å². The monoisotopic (exact) mass is 285 g/mol. The Morgan fingerprint density at radius 3 is 2.10 bits per heavy atom. The highest BCUT2D eigenvalue weighted by Crippen LogP contribution is 2.25. The van der Waals surface area contributed by atoms with Crippen molar-refractivity contribution < 1.29 is 14.6 Å². The SMILES string of the molecule is CC(C)(C)c1ccc(OC(=O)c2ccccc2O)cc1.[CH3]. The van der Waals surface area contributed by atoms with Gasteiger partial charge in [-0.25, -0.2) is 4.79 Å². The molecule has 0 aromatic heterocycles. The number of rotatable bonds is 2. The van der Waals surface area contributed by atoms with Gasteiger partial charge in [0.15, 0.2) is 0 Å². The number of aromatic hydroxyl groups is 1. The van der Waals surface area contributed by atoms with E-state index in [9.17, 15) is 9.90 Å². The van der Waals surface area contributed by atoms with Crippen molar-refractivity contribution in [2.24, 2.45) is 0 Å². The van der Waals surface area contributed by atoms with Crippen LogP contribution in [0.25, 0.3) is 0 Å². The lowest BCUT2D eigenvalue weighted by molar-refractivity contribution is 0.0731. The van der Waals surface area contributed by atoms with Gasteiger partial charge in [-0.1, -0.05) is 52.5 Å². The molecule has 3 heteroatoms. The molecule has 21 heavy (non-hydrogen) atoms. The number of ether oxygens (including phenoxy) is 1. The molecule has 0 bridgehead atoms. The van der Waals surface area contributed by atoms with Crippen molar-refractivity contribution in [1.82, 2.24) is 0 Å². The minimum atomic E-state index is -0.563. The molecule has 2 rings (SSSR count). The summed E-state index contributed by atoms with van der Waals surface area (Å²) in [6.45, 7) is 6.36. The Bertz CT molecular complexity index is 607. The molecule has 0 aliphatic heterocycles. The van der Waals surface area contributed by atoms with Crippen molar-refractivity contribution in [2.45, 2.75) is 26.2 Å². The Morgan fingerprint density at radius 1 is 1.00 bits per heavy atom. The van der Waals surface area contributed by atoms with E-state index in [-0.39, 0.29) is 24.2 Å². The first kappa shape index (κ1) is 16.8. The van der Waals surface area contributed by atoms with Crippen molar-refractivity contribution in [3.63, 3.8) is 0 Å². The summed E-state index contributed by atoms with van der Waals surface area (Å²) in [6.07, 6.45) is 0. The smallest absolute Gasteiger partial charge is 0.347 e. The summed E-state index contributed by atoms with van der Waals surface area (Å²) in [5.74, 6) is -0.179. The molecule has 0 aliphatic carbocycles. The number of carbonyl (C=O) groups excluding carboxylic acids is 1. The Balaban J connectivity index is 0.00000220. The van der Waals surface area contributed by atoms with E-state index in [0.29, 0.717) is 5.75 Å². The molecule has 0 atom stereocenters. The van der Waals surface area contributed by atoms with Gasteiger partial charge in [0, 0.05) is 0 Å². The summed E-state index contributed by atoms with van der Waals surface area (Å²) < 4.78 is 5.25. The summed E-state index contributed by atoms with van der Waals surface area (Å²) in [4.78, 5) is 11.9. The molecule has 2 aromatic carbocycles. The zero-order valence-corrected chi connectivity index (χ0v) is 12.9. The second kappa shape index (κ2) is 6.44. The average Bonchev–Trinajstić information content (AvgIpc) is 2.38. The fourth-order valence-electron chi connectivity index (χ4n) is 1.83. The molecule has 1 N–H and O–H groups in total. The second-order valence-electron chi connectivity index (χ2n) is 5.68. The van der Waals surface area contributed by atoms with Gasteiger partial charge in [-0.15, -0.1) is 0 Å². The van der Waals surface area contributed by atoms with Crippen LogP contribution in [0.15, 0.2) is 48.5 Å². The molecule has 0 spiro atoms. The van der Waals surface area contributed by atoms with E-state index in [0.717, 1.165) is 0 Å². The van der Waals surface area contributed by atoms with Crippen LogP contribution in [-0.2, 0) is 5.41 Å². The molecule has 0 saturated carbocycles. The number of hydrogen-bond donors (Lipinski definition) is 1. The van der Waals surface area contributed by atoms with E-state index in [4.69, 9.17) is 4.74 Å². The molecular weight excluding hydrogens is 264 g/mol. The summed E-state index contributed by atoms with van der Waals surface area (Å²) in [5, 5.41) is 9.61. The fourth-order valence-corrected chi connectivity index (χ4v) is 1.83. The first-order valence-corrected chi connectivity index (χ1v) is 6.48. The Morgan fingerprint density at radius 2 is 1.57 bits per heavy atom. The predicted molar refractivity (Wildman–Crippen MR) is 84.6 cm³/mol. The lowest BCUT2D eigenvalue weighted by Crippen LogP contribution is -2.11. The average molecular weight is 285 g/mol. The predicted octanol–water partition coefficient (Wildman–Crippen LogP) is 4.36. The van der Waals surface area contributed by atoms with Gasteiger partial charge >= 0.3 is 5.97 Å². The number of phenolic OH excluding ortho intramolecular Hbond substituents is 1. The van der Waals surface area contributed by atoms with Gasteiger partial charge in [0.1, 0.15) is 17.1 Å². The third kappa shape index (κ3) is 4.09. The van der Waals surface area contributed by atoms with Crippen LogP contribution in [0.3, 0.4) is 0 Å². The number of hydrogen-bond acceptors (Lipinski definition) is 3. The summed E-state index contributed by atoms with van der Waals surface area (Å²) in [5.41, 5.74) is 1.38. The molecule has 0 heterocycles. The number of phenols is 1. The molecule has 0 unspecified atom stereocenters. The molecule has 0 fully saturated rings. The highest BCUT2D eigenvalue weighted by Gasteiger charge is 2.15. The second-order valence-corrected chi connectivity index (χ2v) is 5.68. The van der Waals surface area contributed by atoms with Crippen LogP contribution in [-0.4, -0.2) is 11.1 Å². The molecule has 0 amide bonds. The minimum absolute atomic E-state index is 0. The van der Waals surface area contributed by atoms with E-state index < -0.39 is 5.97 Å². The van der Waals surface area contributed by atoms with Gasteiger partial charge < -0.3 is 9.84 Å². The van der Waals surface area contributed by atoms with Gasteiger partial charge in [0.05, 0.1) is 0 Å². The van der Waals surface area contributed by atoms with Crippen LogP contribution >= 0.6 is 0 Å². The Kier molecular flexibility index (Phi) is 5.14. The number of esters is 1. The zero-order chi connectivity index (χ0) is 14.8. The van der Waals surface area contributed by atoms with Crippen molar-refractivity contribution >= 4 is 5.97 Å². The largest absolute Gasteiger partial charge is 0.507 e. The van der Waals surface area contributed by atoms with E-state index in [2.05, 4.69) is 20.8 Å². The highest BCUT2D eigenvalue weighted by atomic mass is 16.5. The van der Waals surface area contributed by atoms with E-state index in [1.165, 1.54) is 17.7 Å². The summed E-state index contributed by atoms with van der Waals surface area (Å²) in [7, 11) is 0. The third-order valence-electron chi connectivity index (χ3n) is 3.05. The van der Waals surface area contributed by atoms with Gasteiger partial charge in [-0.3, -0.25) is 0 Å². The van der Waals surface area contributed by atoms with Crippen molar-refractivity contribution in [3.8, 4) is 11.5 Å². The quantitative estimate of drug-likeness (QED) is 0.658. The van der Waals surface area contributed by atoms with Crippen molar-refractivity contribution in [1.29, 1.82) is 0 Å². The van der Waals surface area contributed by atoms with E-state index in [1.54, 1.807) is 24.3 Å². The van der Waals surface area contributed by atoms with Crippen LogP contribution < -0.4 is 4.74 Å². The first-order chi connectivity index (χ1) is 9.38. The topological polar surface area (TPSA) is 46.5 Å². The van der Waals surface area contributed by atoms with Gasteiger partial charge in [-0.2, -0.15) is 0 Å². The standard InChI is InChI=1S/C17H18O3.CH3/c1-17(2,3)12-8-10-13(11-9-12)20-16(19)14-6-4-5-7-15(14)18;/h4-11,18H,1-3H3;1H3. The normalized spacial score (nSPS) is 10.6. The minimum Gasteiger partial charge on any atom is -0.507 e. The Hall–Kier alpha value is -2.29. The molecule has 3 nitrogen and oxygen atoms in total. The maximum atomic E-state index is 11.9. The summed E-state index contributed by atoms with van der Waals surface area (Å²) >= 11 is 0. The highest BCUT2D eigenvalue weighted by molar-refractivity contribution is 5.93. The van der Waals surface area contributed by atoms with E-state index >= 15 is 0 Å². The van der Waals surface area contributed by atoms with Gasteiger partial charge in [-0.05, 0) is 35.2 Å². The van der Waals surface area contributed by atoms with E-state index in [1.807, 2.05) is 12.1 Å². The molecular formula is C18H21O3. The maximum absolute atomic E-state index is 11.9. The van der Waals surface area contributed by atoms with Crippen LogP contribution in [0, 0.1) is 7.43 Å².